The van der Waals surface area contributed by atoms with Crippen molar-refractivity contribution in [3.05, 3.63) is 99.3 Å². The lowest BCUT2D eigenvalue weighted by Crippen LogP contribution is -2.37. The van der Waals surface area contributed by atoms with Gasteiger partial charge in [0.05, 0.1) is 22.8 Å². The number of rotatable bonds is 8. The Balaban J connectivity index is 1.46. The Kier molecular flexibility index (Phi) is 9.34. The quantitative estimate of drug-likeness (QED) is 0.245. The smallest absolute Gasteiger partial charge is 0.246 e. The molecule has 4 aromatic rings. The van der Waals surface area contributed by atoms with Crippen LogP contribution in [0, 0.1) is 6.92 Å². The Hall–Kier alpha value is -4.31. The summed E-state index contributed by atoms with van der Waals surface area (Å²) >= 11 is 13.2. The van der Waals surface area contributed by atoms with Crippen LogP contribution >= 0.6 is 23.2 Å². The minimum atomic E-state index is -1.21. The minimum absolute atomic E-state index is 0.104. The molecule has 210 valence electrons. The molecule has 0 bridgehead atoms. The summed E-state index contributed by atoms with van der Waals surface area (Å²) in [5.74, 6) is -0.776. The maximum atomic E-state index is 12.9. The molecule has 9 nitrogen and oxygen atoms in total. The van der Waals surface area contributed by atoms with E-state index in [2.05, 4.69) is 20.6 Å². The third-order valence-corrected chi connectivity index (χ3v) is 6.96. The number of anilines is 2. The molecule has 0 saturated carbocycles. The summed E-state index contributed by atoms with van der Waals surface area (Å²) in [6, 6.07) is 15.7. The zero-order chi connectivity index (χ0) is 29.7. The summed E-state index contributed by atoms with van der Waals surface area (Å²) < 4.78 is 0. The van der Waals surface area contributed by atoms with E-state index >= 15 is 0 Å². The number of aryl methyl sites for hydroxylation is 1. The number of nitrogens with one attached hydrogen (secondary N) is 2. The number of pyridine rings is 2. The molecule has 0 spiro atoms. The topological polar surface area (TPSA) is 125 Å². The van der Waals surface area contributed by atoms with Crippen molar-refractivity contribution in [1.82, 2.24) is 15.3 Å². The zero-order valence-corrected chi connectivity index (χ0v) is 24.0. The summed E-state index contributed by atoms with van der Waals surface area (Å²) in [6.45, 7) is 2.94. The fourth-order valence-electron chi connectivity index (χ4n) is 4.12. The molecule has 11 heteroatoms. The van der Waals surface area contributed by atoms with Gasteiger partial charge in [-0.15, -0.1) is 0 Å². The number of hydrogen-bond donors (Lipinski definition) is 3. The molecule has 3 amide bonds. The fraction of sp³-hybridized carbons (Fsp3) is 0.167. The number of fused-ring (bicyclic) bond motifs is 1. The number of amides is 3. The van der Waals surface area contributed by atoms with Crippen LogP contribution in [0.2, 0.25) is 10.0 Å². The maximum absolute atomic E-state index is 12.9. The molecule has 1 unspecified atom stereocenters. The van der Waals surface area contributed by atoms with Gasteiger partial charge >= 0.3 is 0 Å². The van der Waals surface area contributed by atoms with Gasteiger partial charge in [-0.25, -0.2) is 4.98 Å². The molecule has 0 aliphatic carbocycles. The Morgan fingerprint density at radius 1 is 1.07 bits per heavy atom. The van der Waals surface area contributed by atoms with E-state index in [9.17, 15) is 19.5 Å². The van der Waals surface area contributed by atoms with Gasteiger partial charge in [0.25, 0.3) is 0 Å². The number of aliphatic hydroxyl groups is 1. The summed E-state index contributed by atoms with van der Waals surface area (Å²) in [5, 5.41) is 17.7. The van der Waals surface area contributed by atoms with Gasteiger partial charge in [0, 0.05) is 53.5 Å². The van der Waals surface area contributed by atoms with Gasteiger partial charge in [-0.2, -0.15) is 0 Å². The van der Waals surface area contributed by atoms with Crippen LogP contribution in [0.5, 0.6) is 0 Å². The molecule has 41 heavy (non-hydrogen) atoms. The molecule has 2 aromatic carbocycles. The van der Waals surface area contributed by atoms with E-state index in [4.69, 9.17) is 23.2 Å². The predicted molar refractivity (Wildman–Crippen MR) is 161 cm³/mol. The van der Waals surface area contributed by atoms with Crippen LogP contribution in [0.3, 0.4) is 0 Å². The highest BCUT2D eigenvalue weighted by molar-refractivity contribution is 6.38. The number of nitrogens with zero attached hydrogens (tertiary/aromatic N) is 3. The number of para-hydroxylation sites is 1. The molecular formula is C30H27Cl2N5O4. The van der Waals surface area contributed by atoms with Crippen LogP contribution in [0.1, 0.15) is 35.4 Å². The van der Waals surface area contributed by atoms with Crippen LogP contribution in [-0.2, 0) is 14.4 Å². The summed E-state index contributed by atoms with van der Waals surface area (Å²) in [5.41, 5.74) is 3.13. The first-order valence-corrected chi connectivity index (χ1v) is 13.3. The summed E-state index contributed by atoms with van der Waals surface area (Å²) in [4.78, 5) is 46.3. The number of aliphatic hydroxyl groups excluding tert-OH is 1. The minimum Gasteiger partial charge on any atom is -0.383 e. The van der Waals surface area contributed by atoms with Crippen molar-refractivity contribution < 1.29 is 19.5 Å². The Labute approximate surface area is 246 Å². The summed E-state index contributed by atoms with van der Waals surface area (Å²) in [7, 11) is 1.51. The number of carbonyl (C=O) groups excluding carboxylic acids is 3. The number of halogens is 2. The van der Waals surface area contributed by atoms with E-state index in [1.54, 1.807) is 30.3 Å². The van der Waals surface area contributed by atoms with Crippen LogP contribution < -0.4 is 15.5 Å². The molecule has 0 radical (unpaired) electrons. The Morgan fingerprint density at radius 3 is 2.56 bits per heavy atom. The van der Waals surface area contributed by atoms with Crippen LogP contribution in [-0.4, -0.2) is 46.4 Å². The zero-order valence-electron chi connectivity index (χ0n) is 22.5. The second-order valence-corrected chi connectivity index (χ2v) is 10.0. The van der Waals surface area contributed by atoms with E-state index in [1.807, 2.05) is 31.2 Å². The number of likely N-dealkylation sites (N-methyl/N-ethyl adjacent to an activating group) is 1. The summed E-state index contributed by atoms with van der Waals surface area (Å²) in [6.07, 6.45) is 3.09. The van der Waals surface area contributed by atoms with Crippen LogP contribution in [0.25, 0.3) is 17.0 Å². The highest BCUT2D eigenvalue weighted by Gasteiger charge is 2.25. The van der Waals surface area contributed by atoms with E-state index < -0.39 is 17.9 Å². The van der Waals surface area contributed by atoms with Gasteiger partial charge < -0.3 is 20.6 Å². The molecule has 0 saturated heterocycles. The van der Waals surface area contributed by atoms with Gasteiger partial charge in [0.15, 0.2) is 0 Å². The molecule has 3 N–H and O–H groups in total. The van der Waals surface area contributed by atoms with Gasteiger partial charge in [-0.1, -0.05) is 47.5 Å². The normalized spacial score (nSPS) is 11.9. The average Bonchev–Trinajstić information content (AvgIpc) is 2.94. The Morgan fingerprint density at radius 2 is 1.85 bits per heavy atom. The molecule has 1 atom stereocenters. The van der Waals surface area contributed by atoms with Crippen molar-refractivity contribution in [2.45, 2.75) is 20.0 Å². The predicted octanol–water partition coefficient (Wildman–Crippen LogP) is 5.08. The highest BCUT2D eigenvalue weighted by atomic mass is 35.5. The van der Waals surface area contributed by atoms with Crippen LogP contribution in [0.15, 0.2) is 66.9 Å². The van der Waals surface area contributed by atoms with Crippen LogP contribution in [0.4, 0.5) is 11.5 Å². The number of hydrogen-bond acceptors (Lipinski definition) is 6. The third-order valence-electron chi connectivity index (χ3n) is 6.23. The third kappa shape index (κ3) is 7.07. The first-order chi connectivity index (χ1) is 19.5. The molecule has 0 aliphatic heterocycles. The average molecular weight is 592 g/mol. The first-order valence-electron chi connectivity index (χ1n) is 12.5. The van der Waals surface area contributed by atoms with Crippen molar-refractivity contribution >= 4 is 69.4 Å². The van der Waals surface area contributed by atoms with E-state index in [-0.39, 0.29) is 28.1 Å². The molecule has 2 aromatic heterocycles. The van der Waals surface area contributed by atoms with Gasteiger partial charge in [0.1, 0.15) is 11.9 Å². The fourth-order valence-corrected chi connectivity index (χ4v) is 4.82. The van der Waals surface area contributed by atoms with Crippen molar-refractivity contribution in [3.8, 4) is 0 Å². The van der Waals surface area contributed by atoms with E-state index in [1.165, 1.54) is 37.2 Å². The van der Waals surface area contributed by atoms with Crippen molar-refractivity contribution in [1.29, 1.82) is 0 Å². The molecular weight excluding hydrogens is 565 g/mol. The second kappa shape index (κ2) is 12.9. The first kappa shape index (κ1) is 29.7. The standard InChI is InChI=1S/C30H27Cl2N5O4/c1-17-7-10-20-5-4-6-21(29(20)35-17)30(41)27-22(31)11-12-23(28(27)32)37(3)26(40)16-34-25(39)14-9-19-8-13-24(33-15-19)36-18(2)38/h4-15,30,41H,16H2,1-3H3,(H,34,39)(H,33,36,38)/b14-9+. The van der Waals surface area contributed by atoms with Gasteiger partial charge in [-0.3, -0.25) is 19.4 Å². The molecule has 4 rings (SSSR count). The van der Waals surface area contributed by atoms with Crippen molar-refractivity contribution in [3.63, 3.8) is 0 Å². The number of aromatic nitrogens is 2. The van der Waals surface area contributed by atoms with E-state index in [0.29, 0.717) is 28.1 Å². The Bertz CT molecular complexity index is 1660. The lowest BCUT2D eigenvalue weighted by atomic mass is 9.97. The molecule has 0 fully saturated rings. The molecule has 2 heterocycles. The largest absolute Gasteiger partial charge is 0.383 e. The monoisotopic (exact) mass is 591 g/mol. The van der Waals surface area contributed by atoms with Gasteiger partial charge in [-0.05, 0) is 48.9 Å². The number of carbonyl (C=O) groups is 3. The second-order valence-electron chi connectivity index (χ2n) is 9.23. The van der Waals surface area contributed by atoms with Gasteiger partial charge in [0.2, 0.25) is 17.7 Å². The maximum Gasteiger partial charge on any atom is 0.246 e. The molecule has 0 aliphatic rings. The lowest BCUT2D eigenvalue weighted by Gasteiger charge is -2.23. The van der Waals surface area contributed by atoms with Crippen molar-refractivity contribution in [2.75, 3.05) is 23.8 Å². The highest BCUT2D eigenvalue weighted by Crippen LogP contribution is 2.41. The SMILES string of the molecule is CC(=O)Nc1ccc(/C=C/C(=O)NCC(=O)N(C)c2ccc(Cl)c(C(O)c3cccc4ccc(C)nc34)c2Cl)cn1. The lowest BCUT2D eigenvalue weighted by molar-refractivity contribution is -0.122. The number of benzene rings is 2. The van der Waals surface area contributed by atoms with Crippen molar-refractivity contribution in [2.24, 2.45) is 0 Å². The van der Waals surface area contributed by atoms with E-state index in [0.717, 1.165) is 11.1 Å².